The van der Waals surface area contributed by atoms with Crippen LogP contribution >= 0.6 is 0 Å². The molecule has 0 unspecified atom stereocenters. The van der Waals surface area contributed by atoms with Crippen molar-refractivity contribution in [3.8, 4) is 0 Å². The van der Waals surface area contributed by atoms with Crippen LogP contribution in [0.4, 0.5) is 0 Å². The van der Waals surface area contributed by atoms with E-state index >= 15 is 0 Å². The Bertz CT molecular complexity index is 229. The van der Waals surface area contributed by atoms with E-state index in [-0.39, 0.29) is 5.54 Å². The topological polar surface area (TPSA) is 33.6 Å². The standard InChI is InChI=1S/C9H16N2O/c1-5-12-8-10-7(2)6-9(3,4)11-8/h6H,5H2,1-4H3,(H,10,11). The van der Waals surface area contributed by atoms with Crippen molar-refractivity contribution in [2.45, 2.75) is 33.2 Å². The summed E-state index contributed by atoms with van der Waals surface area (Å²) in [6, 6.07) is 0.627. The highest BCUT2D eigenvalue weighted by atomic mass is 16.5. The van der Waals surface area contributed by atoms with Crippen LogP contribution in [0.5, 0.6) is 0 Å². The molecule has 1 aliphatic rings. The molecule has 0 saturated heterocycles. The number of amidine groups is 1. The van der Waals surface area contributed by atoms with Gasteiger partial charge in [-0.25, -0.2) is 4.99 Å². The fraction of sp³-hybridized carbons (Fsp3) is 0.667. The van der Waals surface area contributed by atoms with Crippen molar-refractivity contribution in [3.63, 3.8) is 0 Å². The monoisotopic (exact) mass is 168 g/mol. The normalized spacial score (nSPS) is 20.7. The fourth-order valence-electron chi connectivity index (χ4n) is 1.26. The number of aliphatic imine (C=N–C) groups is 1. The number of hydrogen-bond acceptors (Lipinski definition) is 3. The first-order valence-electron chi connectivity index (χ1n) is 4.22. The molecular weight excluding hydrogens is 152 g/mol. The molecule has 1 N–H and O–H groups in total. The lowest BCUT2D eigenvalue weighted by atomic mass is 10.0. The summed E-state index contributed by atoms with van der Waals surface area (Å²) in [5, 5.41) is 3.06. The van der Waals surface area contributed by atoms with Crippen LogP contribution < -0.4 is 5.32 Å². The Hall–Kier alpha value is -0.990. The maximum atomic E-state index is 5.29. The third kappa shape index (κ3) is 2.26. The first kappa shape index (κ1) is 9.10. The van der Waals surface area contributed by atoms with Crippen LogP contribution in [-0.2, 0) is 4.74 Å². The second kappa shape index (κ2) is 3.17. The lowest BCUT2D eigenvalue weighted by molar-refractivity contribution is 0.305. The first-order valence-corrected chi connectivity index (χ1v) is 4.22. The van der Waals surface area contributed by atoms with Gasteiger partial charge in [-0.15, -0.1) is 0 Å². The predicted octanol–water partition coefficient (Wildman–Crippen LogP) is 1.66. The highest BCUT2D eigenvalue weighted by molar-refractivity contribution is 5.77. The van der Waals surface area contributed by atoms with Crippen molar-refractivity contribution in [1.29, 1.82) is 0 Å². The van der Waals surface area contributed by atoms with Gasteiger partial charge in [-0.3, -0.25) is 0 Å². The molecule has 0 atom stereocenters. The number of ether oxygens (including phenoxy) is 1. The summed E-state index contributed by atoms with van der Waals surface area (Å²) < 4.78 is 5.29. The quantitative estimate of drug-likeness (QED) is 0.646. The van der Waals surface area contributed by atoms with Crippen molar-refractivity contribution in [2.75, 3.05) is 6.61 Å². The highest BCUT2D eigenvalue weighted by Gasteiger charge is 2.19. The summed E-state index contributed by atoms with van der Waals surface area (Å²) >= 11 is 0. The van der Waals surface area contributed by atoms with E-state index in [0.29, 0.717) is 12.6 Å². The van der Waals surface area contributed by atoms with Gasteiger partial charge >= 0.3 is 0 Å². The van der Waals surface area contributed by atoms with Crippen LogP contribution in [0.25, 0.3) is 0 Å². The smallest absolute Gasteiger partial charge is 0.289 e. The predicted molar refractivity (Wildman–Crippen MR) is 50.0 cm³/mol. The Balaban J connectivity index is 2.74. The van der Waals surface area contributed by atoms with E-state index in [1.54, 1.807) is 0 Å². The third-order valence-electron chi connectivity index (χ3n) is 1.54. The van der Waals surface area contributed by atoms with E-state index in [1.807, 2.05) is 13.8 Å². The van der Waals surface area contributed by atoms with Crippen LogP contribution in [0, 0.1) is 0 Å². The summed E-state index contributed by atoms with van der Waals surface area (Å²) in [5.74, 6) is 0. The van der Waals surface area contributed by atoms with Crippen LogP contribution in [0.2, 0.25) is 0 Å². The Morgan fingerprint density at radius 3 is 2.75 bits per heavy atom. The zero-order valence-corrected chi connectivity index (χ0v) is 8.14. The van der Waals surface area contributed by atoms with Crippen LogP contribution in [0.1, 0.15) is 27.7 Å². The van der Waals surface area contributed by atoms with Gasteiger partial charge in [0.1, 0.15) is 0 Å². The minimum atomic E-state index is -0.139. The number of hydrogen-bond donors (Lipinski definition) is 1. The van der Waals surface area contributed by atoms with Gasteiger partial charge in [0.15, 0.2) is 0 Å². The van der Waals surface area contributed by atoms with Gasteiger partial charge in [-0.2, -0.15) is 0 Å². The zero-order valence-electron chi connectivity index (χ0n) is 8.14. The molecule has 0 amide bonds. The van der Waals surface area contributed by atoms with E-state index in [2.05, 4.69) is 30.2 Å². The van der Waals surface area contributed by atoms with Crippen molar-refractivity contribution >= 4 is 6.02 Å². The lowest BCUT2D eigenvalue weighted by Gasteiger charge is -2.24. The summed E-state index contributed by atoms with van der Waals surface area (Å²) in [5.41, 5.74) is 0.957. The van der Waals surface area contributed by atoms with Crippen molar-refractivity contribution in [3.05, 3.63) is 11.8 Å². The molecule has 0 aromatic heterocycles. The molecule has 12 heavy (non-hydrogen) atoms. The molecule has 3 heteroatoms. The van der Waals surface area contributed by atoms with E-state index in [4.69, 9.17) is 4.74 Å². The van der Waals surface area contributed by atoms with Gasteiger partial charge in [0.25, 0.3) is 6.02 Å². The molecule has 0 aromatic rings. The van der Waals surface area contributed by atoms with E-state index in [9.17, 15) is 0 Å². The van der Waals surface area contributed by atoms with Gasteiger partial charge in [0.2, 0.25) is 0 Å². The van der Waals surface area contributed by atoms with Crippen molar-refractivity contribution in [2.24, 2.45) is 4.99 Å². The largest absolute Gasteiger partial charge is 0.465 e. The average Bonchev–Trinajstić information content (AvgIpc) is 1.82. The Labute approximate surface area is 73.5 Å². The second-order valence-corrected chi connectivity index (χ2v) is 3.46. The average molecular weight is 168 g/mol. The number of nitrogens with zero attached hydrogens (tertiary/aromatic N) is 1. The number of allylic oxidation sites excluding steroid dienone is 1. The van der Waals surface area contributed by atoms with E-state index < -0.39 is 0 Å². The molecule has 0 bridgehead atoms. The third-order valence-corrected chi connectivity index (χ3v) is 1.54. The summed E-state index contributed by atoms with van der Waals surface area (Å²) in [6.45, 7) is 8.71. The van der Waals surface area contributed by atoms with Crippen LogP contribution in [0.3, 0.4) is 0 Å². The highest BCUT2D eigenvalue weighted by Crippen LogP contribution is 2.16. The number of rotatable bonds is 1. The maximum absolute atomic E-state index is 5.29. The second-order valence-electron chi connectivity index (χ2n) is 3.46. The van der Waals surface area contributed by atoms with E-state index in [1.165, 1.54) is 0 Å². The van der Waals surface area contributed by atoms with Crippen LogP contribution in [0.15, 0.2) is 16.8 Å². The van der Waals surface area contributed by atoms with E-state index in [0.717, 1.165) is 5.70 Å². The molecule has 0 saturated carbocycles. The maximum Gasteiger partial charge on any atom is 0.289 e. The van der Waals surface area contributed by atoms with Gasteiger partial charge in [0, 0.05) is 5.70 Å². The molecule has 1 heterocycles. The molecule has 3 nitrogen and oxygen atoms in total. The molecule has 0 fully saturated rings. The molecule has 0 radical (unpaired) electrons. The molecule has 68 valence electrons. The van der Waals surface area contributed by atoms with Crippen LogP contribution in [-0.4, -0.2) is 18.2 Å². The van der Waals surface area contributed by atoms with Gasteiger partial charge < -0.3 is 10.1 Å². The fourth-order valence-corrected chi connectivity index (χ4v) is 1.26. The Kier molecular flexibility index (Phi) is 2.40. The summed E-state index contributed by atoms with van der Waals surface area (Å²) in [4.78, 5) is 4.36. The van der Waals surface area contributed by atoms with Gasteiger partial charge in [-0.1, -0.05) is 0 Å². The van der Waals surface area contributed by atoms with Gasteiger partial charge in [0.05, 0.1) is 12.1 Å². The van der Waals surface area contributed by atoms with Gasteiger partial charge in [-0.05, 0) is 33.8 Å². The minimum Gasteiger partial charge on any atom is -0.465 e. The number of nitrogens with one attached hydrogen (secondary N) is 1. The molecule has 0 aromatic carbocycles. The van der Waals surface area contributed by atoms with Crippen molar-refractivity contribution in [1.82, 2.24) is 5.32 Å². The molecule has 1 aliphatic heterocycles. The van der Waals surface area contributed by atoms with Crippen molar-refractivity contribution < 1.29 is 4.74 Å². The molecular formula is C9H16N2O. The SMILES string of the molecule is CCOC1=NC(C)(C)C=C(C)N1. The molecule has 0 spiro atoms. The molecule has 1 rings (SSSR count). The Morgan fingerprint density at radius 1 is 1.58 bits per heavy atom. The zero-order chi connectivity index (χ0) is 9.19. The Morgan fingerprint density at radius 2 is 2.25 bits per heavy atom. The summed E-state index contributed by atoms with van der Waals surface area (Å²) in [6.07, 6.45) is 2.08. The molecule has 0 aliphatic carbocycles. The minimum absolute atomic E-state index is 0.139. The lowest BCUT2D eigenvalue weighted by Crippen LogP contribution is -2.34. The first-order chi connectivity index (χ1) is 5.53. The summed E-state index contributed by atoms with van der Waals surface area (Å²) in [7, 11) is 0.